The first-order valence-electron chi connectivity index (χ1n) is 5.84. The van der Waals surface area contributed by atoms with E-state index in [0.29, 0.717) is 0 Å². The van der Waals surface area contributed by atoms with Crippen molar-refractivity contribution < 1.29 is 0 Å². The third-order valence-corrected chi connectivity index (χ3v) is 3.40. The third kappa shape index (κ3) is 1.67. The SMILES string of the molecule is Cc1ccc(C2CCNc3nnnn32)cc1C. The van der Waals surface area contributed by atoms with E-state index in [9.17, 15) is 0 Å². The molecule has 1 aliphatic rings. The molecule has 0 saturated heterocycles. The Bertz CT molecular complexity index is 546. The molecule has 1 aromatic carbocycles. The minimum atomic E-state index is 0.251. The summed E-state index contributed by atoms with van der Waals surface area (Å²) in [6, 6.07) is 6.82. The van der Waals surface area contributed by atoms with Crippen LogP contribution in [0.1, 0.15) is 29.2 Å². The summed E-state index contributed by atoms with van der Waals surface area (Å²) in [7, 11) is 0. The highest BCUT2D eigenvalue weighted by Crippen LogP contribution is 2.28. The molecule has 1 aromatic heterocycles. The highest BCUT2D eigenvalue weighted by Gasteiger charge is 2.23. The minimum Gasteiger partial charge on any atom is -0.353 e. The van der Waals surface area contributed by atoms with Crippen molar-refractivity contribution in [1.82, 2.24) is 20.2 Å². The Morgan fingerprint density at radius 3 is 3.00 bits per heavy atom. The number of tetrazole rings is 1. The molecule has 5 nitrogen and oxygen atoms in total. The number of aromatic nitrogens is 4. The van der Waals surface area contributed by atoms with Crippen LogP contribution in [0.25, 0.3) is 0 Å². The number of rotatable bonds is 1. The van der Waals surface area contributed by atoms with Gasteiger partial charge in [0, 0.05) is 6.54 Å². The van der Waals surface area contributed by atoms with E-state index in [0.717, 1.165) is 18.9 Å². The monoisotopic (exact) mass is 229 g/mol. The number of aryl methyl sites for hydroxylation is 2. The second kappa shape index (κ2) is 3.84. The van der Waals surface area contributed by atoms with Crippen molar-refractivity contribution in [2.75, 3.05) is 11.9 Å². The van der Waals surface area contributed by atoms with Crippen LogP contribution in [0.5, 0.6) is 0 Å². The molecule has 1 atom stereocenters. The van der Waals surface area contributed by atoms with Crippen LogP contribution in [0.2, 0.25) is 0 Å². The van der Waals surface area contributed by atoms with Gasteiger partial charge in [-0.15, -0.1) is 0 Å². The summed E-state index contributed by atoms with van der Waals surface area (Å²) >= 11 is 0. The second-order valence-corrected chi connectivity index (χ2v) is 4.52. The van der Waals surface area contributed by atoms with Gasteiger partial charge in [-0.3, -0.25) is 0 Å². The Balaban J connectivity index is 2.03. The Kier molecular flexibility index (Phi) is 2.31. The average molecular weight is 229 g/mol. The molecule has 1 aliphatic heterocycles. The van der Waals surface area contributed by atoms with Crippen LogP contribution in [0, 0.1) is 13.8 Å². The van der Waals surface area contributed by atoms with Crippen LogP contribution in [-0.4, -0.2) is 26.8 Å². The number of hydrogen-bond donors (Lipinski definition) is 1. The van der Waals surface area contributed by atoms with Crippen LogP contribution in [0.15, 0.2) is 18.2 Å². The lowest BCUT2D eigenvalue weighted by molar-refractivity contribution is 0.469. The van der Waals surface area contributed by atoms with E-state index in [-0.39, 0.29) is 6.04 Å². The smallest absolute Gasteiger partial charge is 0.243 e. The topological polar surface area (TPSA) is 55.6 Å². The number of nitrogens with zero attached hydrogens (tertiary/aromatic N) is 4. The Hall–Kier alpha value is -1.91. The molecule has 0 amide bonds. The normalized spacial score (nSPS) is 18.6. The number of anilines is 1. The number of benzene rings is 1. The van der Waals surface area contributed by atoms with Crippen molar-refractivity contribution >= 4 is 5.95 Å². The molecule has 0 bridgehead atoms. The fraction of sp³-hybridized carbons (Fsp3) is 0.417. The van der Waals surface area contributed by atoms with E-state index < -0.39 is 0 Å². The quantitative estimate of drug-likeness (QED) is 0.808. The van der Waals surface area contributed by atoms with Crippen molar-refractivity contribution in [3.8, 4) is 0 Å². The minimum absolute atomic E-state index is 0.251. The molecule has 1 unspecified atom stereocenters. The first kappa shape index (κ1) is 10.3. The summed E-state index contributed by atoms with van der Waals surface area (Å²) in [4.78, 5) is 0. The first-order valence-corrected chi connectivity index (χ1v) is 5.84. The van der Waals surface area contributed by atoms with Gasteiger partial charge in [-0.1, -0.05) is 23.3 Å². The maximum Gasteiger partial charge on any atom is 0.243 e. The van der Waals surface area contributed by atoms with Gasteiger partial charge in [0.25, 0.3) is 0 Å². The lowest BCUT2D eigenvalue weighted by atomic mass is 9.98. The van der Waals surface area contributed by atoms with E-state index >= 15 is 0 Å². The van der Waals surface area contributed by atoms with Crippen LogP contribution in [-0.2, 0) is 0 Å². The zero-order valence-electron chi connectivity index (χ0n) is 10.0. The van der Waals surface area contributed by atoms with Gasteiger partial charge in [0.2, 0.25) is 5.95 Å². The molecule has 88 valence electrons. The molecule has 0 spiro atoms. The summed E-state index contributed by atoms with van der Waals surface area (Å²) in [5.74, 6) is 0.763. The molecular formula is C12H15N5. The molecule has 0 fully saturated rings. The van der Waals surface area contributed by atoms with Gasteiger partial charge in [-0.05, 0) is 47.4 Å². The molecule has 0 saturated carbocycles. The summed E-state index contributed by atoms with van der Waals surface area (Å²) < 4.78 is 1.87. The highest BCUT2D eigenvalue weighted by molar-refractivity contribution is 5.35. The Morgan fingerprint density at radius 1 is 1.29 bits per heavy atom. The molecule has 0 radical (unpaired) electrons. The highest BCUT2D eigenvalue weighted by atomic mass is 15.6. The maximum absolute atomic E-state index is 4.06. The van der Waals surface area contributed by atoms with Gasteiger partial charge in [-0.2, -0.15) is 0 Å². The number of hydrogen-bond acceptors (Lipinski definition) is 4. The van der Waals surface area contributed by atoms with Gasteiger partial charge >= 0.3 is 0 Å². The lowest BCUT2D eigenvalue weighted by Crippen LogP contribution is -2.24. The summed E-state index contributed by atoms with van der Waals surface area (Å²) in [5, 5.41) is 14.9. The van der Waals surface area contributed by atoms with Crippen LogP contribution >= 0.6 is 0 Å². The molecule has 3 rings (SSSR count). The number of nitrogens with one attached hydrogen (secondary N) is 1. The summed E-state index contributed by atoms with van der Waals surface area (Å²) in [6.07, 6.45) is 1.01. The molecule has 0 aliphatic carbocycles. The molecular weight excluding hydrogens is 214 g/mol. The average Bonchev–Trinajstić information content (AvgIpc) is 2.80. The van der Waals surface area contributed by atoms with Crippen molar-refractivity contribution in [3.63, 3.8) is 0 Å². The Labute approximate surface area is 99.8 Å². The molecule has 1 N–H and O–H groups in total. The lowest BCUT2D eigenvalue weighted by Gasteiger charge is -2.24. The van der Waals surface area contributed by atoms with E-state index in [2.05, 4.69) is 52.9 Å². The van der Waals surface area contributed by atoms with Crippen molar-refractivity contribution in [1.29, 1.82) is 0 Å². The van der Waals surface area contributed by atoms with Crippen LogP contribution < -0.4 is 5.32 Å². The van der Waals surface area contributed by atoms with Gasteiger partial charge in [-0.25, -0.2) is 4.68 Å². The van der Waals surface area contributed by atoms with Gasteiger partial charge in [0.1, 0.15) is 0 Å². The van der Waals surface area contributed by atoms with Gasteiger partial charge < -0.3 is 5.32 Å². The molecule has 2 aromatic rings. The van der Waals surface area contributed by atoms with E-state index in [1.807, 2.05) is 4.68 Å². The third-order valence-electron chi connectivity index (χ3n) is 3.40. The van der Waals surface area contributed by atoms with E-state index in [4.69, 9.17) is 0 Å². The van der Waals surface area contributed by atoms with E-state index in [1.165, 1.54) is 16.7 Å². The van der Waals surface area contributed by atoms with Gasteiger partial charge in [0.05, 0.1) is 6.04 Å². The molecule has 2 heterocycles. The molecule has 5 heteroatoms. The van der Waals surface area contributed by atoms with Crippen LogP contribution in [0.4, 0.5) is 5.95 Å². The maximum atomic E-state index is 4.06. The zero-order valence-corrected chi connectivity index (χ0v) is 10.0. The zero-order chi connectivity index (χ0) is 11.8. The van der Waals surface area contributed by atoms with Gasteiger partial charge in [0.15, 0.2) is 0 Å². The standard InChI is InChI=1S/C12H15N5/c1-8-3-4-10(7-9(8)2)11-5-6-13-12-14-15-16-17(11)12/h3-4,7,11H,5-6H2,1-2H3,(H,13,14,16). The summed E-state index contributed by atoms with van der Waals surface area (Å²) in [6.45, 7) is 5.18. The van der Waals surface area contributed by atoms with Crippen molar-refractivity contribution in [2.45, 2.75) is 26.3 Å². The second-order valence-electron chi connectivity index (χ2n) is 4.52. The predicted octanol–water partition coefficient (Wildman–Crippen LogP) is 1.69. The predicted molar refractivity (Wildman–Crippen MR) is 65.0 cm³/mol. The molecule has 17 heavy (non-hydrogen) atoms. The van der Waals surface area contributed by atoms with Crippen molar-refractivity contribution in [2.24, 2.45) is 0 Å². The Morgan fingerprint density at radius 2 is 2.18 bits per heavy atom. The fourth-order valence-corrected chi connectivity index (χ4v) is 2.24. The van der Waals surface area contributed by atoms with E-state index in [1.54, 1.807) is 0 Å². The van der Waals surface area contributed by atoms with Crippen molar-refractivity contribution in [3.05, 3.63) is 34.9 Å². The van der Waals surface area contributed by atoms with Crippen LogP contribution in [0.3, 0.4) is 0 Å². The summed E-state index contributed by atoms with van der Waals surface area (Å²) in [5.41, 5.74) is 3.92. The fourth-order valence-electron chi connectivity index (χ4n) is 2.24. The first-order chi connectivity index (χ1) is 8.25. The largest absolute Gasteiger partial charge is 0.353 e. The number of fused-ring (bicyclic) bond motifs is 1.